The van der Waals surface area contributed by atoms with Gasteiger partial charge in [-0.1, -0.05) is 44.2 Å². The molecule has 1 aromatic carbocycles. The van der Waals surface area contributed by atoms with E-state index in [0.717, 1.165) is 31.0 Å². The van der Waals surface area contributed by atoms with Gasteiger partial charge in [-0.15, -0.1) is 0 Å². The van der Waals surface area contributed by atoms with E-state index in [1.54, 1.807) is 6.07 Å². The number of rotatable bonds is 6. The molecule has 106 valence electrons. The standard InChI is InChI=1S/C16H22N4/c1-12(2)16-19-14(17)11-15(20-16)18-10-6-9-13-7-4-3-5-8-13/h3-5,7-8,11-12H,6,9-10H2,1-2H3,(H3,17,18,19,20). The van der Waals surface area contributed by atoms with E-state index >= 15 is 0 Å². The van der Waals surface area contributed by atoms with Gasteiger partial charge in [-0.2, -0.15) is 0 Å². The second-order valence-electron chi connectivity index (χ2n) is 5.21. The van der Waals surface area contributed by atoms with Gasteiger partial charge < -0.3 is 11.1 Å². The van der Waals surface area contributed by atoms with Crippen molar-refractivity contribution >= 4 is 11.6 Å². The Hall–Kier alpha value is -2.10. The van der Waals surface area contributed by atoms with E-state index in [1.165, 1.54) is 5.56 Å². The van der Waals surface area contributed by atoms with Gasteiger partial charge in [0.25, 0.3) is 0 Å². The summed E-state index contributed by atoms with van der Waals surface area (Å²) in [5.41, 5.74) is 7.16. The van der Waals surface area contributed by atoms with Crippen LogP contribution in [0.15, 0.2) is 36.4 Å². The Labute approximate surface area is 120 Å². The van der Waals surface area contributed by atoms with E-state index < -0.39 is 0 Å². The zero-order chi connectivity index (χ0) is 14.4. The quantitative estimate of drug-likeness (QED) is 0.791. The van der Waals surface area contributed by atoms with Crippen LogP contribution in [0.5, 0.6) is 0 Å². The molecule has 0 radical (unpaired) electrons. The van der Waals surface area contributed by atoms with Gasteiger partial charge in [-0.25, -0.2) is 9.97 Å². The lowest BCUT2D eigenvalue weighted by molar-refractivity contribution is 0.774. The van der Waals surface area contributed by atoms with Gasteiger partial charge in [0.05, 0.1) is 0 Å². The maximum absolute atomic E-state index is 5.80. The number of hydrogen-bond acceptors (Lipinski definition) is 4. The zero-order valence-electron chi connectivity index (χ0n) is 12.1. The van der Waals surface area contributed by atoms with Gasteiger partial charge in [0.15, 0.2) is 0 Å². The topological polar surface area (TPSA) is 63.8 Å². The molecule has 0 unspecified atom stereocenters. The van der Waals surface area contributed by atoms with Crippen molar-refractivity contribution in [1.82, 2.24) is 9.97 Å². The Morgan fingerprint density at radius 2 is 1.90 bits per heavy atom. The first kappa shape index (κ1) is 14.3. The van der Waals surface area contributed by atoms with Crippen molar-refractivity contribution in [2.75, 3.05) is 17.6 Å². The highest BCUT2D eigenvalue weighted by atomic mass is 15.0. The fourth-order valence-corrected chi connectivity index (χ4v) is 1.99. The molecule has 3 N–H and O–H groups in total. The van der Waals surface area contributed by atoms with E-state index in [2.05, 4.69) is 53.4 Å². The summed E-state index contributed by atoms with van der Waals surface area (Å²) in [6.45, 7) is 5.00. The predicted molar refractivity (Wildman–Crippen MR) is 83.8 cm³/mol. The molecule has 0 atom stereocenters. The van der Waals surface area contributed by atoms with Crippen LogP contribution in [0, 0.1) is 0 Å². The van der Waals surface area contributed by atoms with Gasteiger partial charge in [-0.05, 0) is 18.4 Å². The summed E-state index contributed by atoms with van der Waals surface area (Å²) in [4.78, 5) is 8.71. The maximum Gasteiger partial charge on any atom is 0.135 e. The van der Waals surface area contributed by atoms with E-state index in [4.69, 9.17) is 5.73 Å². The number of hydrogen-bond donors (Lipinski definition) is 2. The molecule has 1 aromatic heterocycles. The number of aromatic nitrogens is 2. The minimum atomic E-state index is 0.281. The van der Waals surface area contributed by atoms with E-state index in [0.29, 0.717) is 5.82 Å². The average Bonchev–Trinajstić information content (AvgIpc) is 2.44. The molecule has 0 aliphatic carbocycles. The molecule has 0 aliphatic rings. The molecule has 0 spiro atoms. The van der Waals surface area contributed by atoms with Gasteiger partial charge in [0.1, 0.15) is 17.5 Å². The molecule has 0 saturated heterocycles. The third-order valence-corrected chi connectivity index (χ3v) is 3.07. The Morgan fingerprint density at radius 1 is 1.15 bits per heavy atom. The summed E-state index contributed by atoms with van der Waals surface area (Å²) in [5.74, 6) is 2.41. The Morgan fingerprint density at radius 3 is 2.60 bits per heavy atom. The molecule has 0 amide bonds. The SMILES string of the molecule is CC(C)c1nc(N)cc(NCCCc2ccccc2)n1. The van der Waals surface area contributed by atoms with E-state index in [1.807, 2.05) is 6.07 Å². The van der Waals surface area contributed by atoms with Gasteiger partial charge in [0.2, 0.25) is 0 Å². The summed E-state index contributed by atoms with van der Waals surface area (Å²) in [5, 5.41) is 3.32. The first-order valence-electron chi connectivity index (χ1n) is 7.07. The van der Waals surface area contributed by atoms with Crippen LogP contribution in [0.25, 0.3) is 0 Å². The van der Waals surface area contributed by atoms with Crippen molar-refractivity contribution < 1.29 is 0 Å². The summed E-state index contributed by atoms with van der Waals surface area (Å²) >= 11 is 0. The first-order chi connectivity index (χ1) is 9.65. The van der Waals surface area contributed by atoms with Crippen molar-refractivity contribution in [3.8, 4) is 0 Å². The highest BCUT2D eigenvalue weighted by molar-refractivity contribution is 5.44. The summed E-state index contributed by atoms with van der Waals surface area (Å²) < 4.78 is 0. The van der Waals surface area contributed by atoms with Crippen molar-refractivity contribution in [3.05, 3.63) is 47.8 Å². The number of nitrogen functional groups attached to an aromatic ring is 1. The molecule has 2 aromatic rings. The third kappa shape index (κ3) is 4.23. The molecular formula is C16H22N4. The van der Waals surface area contributed by atoms with Gasteiger partial charge >= 0.3 is 0 Å². The van der Waals surface area contributed by atoms with Crippen molar-refractivity contribution in [1.29, 1.82) is 0 Å². The van der Waals surface area contributed by atoms with Crippen molar-refractivity contribution in [3.63, 3.8) is 0 Å². The molecule has 0 fully saturated rings. The number of nitrogens with one attached hydrogen (secondary N) is 1. The zero-order valence-corrected chi connectivity index (χ0v) is 12.1. The van der Waals surface area contributed by atoms with Crippen LogP contribution in [0.1, 0.15) is 37.6 Å². The number of aryl methyl sites for hydroxylation is 1. The number of benzene rings is 1. The van der Waals surface area contributed by atoms with Crippen LogP contribution in [-0.4, -0.2) is 16.5 Å². The van der Waals surface area contributed by atoms with E-state index in [-0.39, 0.29) is 5.92 Å². The molecule has 0 aliphatic heterocycles. The number of nitrogens with two attached hydrogens (primary N) is 1. The largest absolute Gasteiger partial charge is 0.384 e. The highest BCUT2D eigenvalue weighted by Gasteiger charge is 2.06. The third-order valence-electron chi connectivity index (χ3n) is 3.07. The Bertz CT molecular complexity index is 537. The van der Waals surface area contributed by atoms with Crippen LogP contribution >= 0.6 is 0 Å². The lowest BCUT2D eigenvalue weighted by Crippen LogP contribution is -2.09. The lowest BCUT2D eigenvalue weighted by atomic mass is 10.1. The smallest absolute Gasteiger partial charge is 0.135 e. The van der Waals surface area contributed by atoms with Gasteiger partial charge in [-0.3, -0.25) is 0 Å². The highest BCUT2D eigenvalue weighted by Crippen LogP contribution is 2.15. The monoisotopic (exact) mass is 270 g/mol. The number of nitrogens with zero attached hydrogens (tertiary/aromatic N) is 2. The summed E-state index contributed by atoms with van der Waals surface area (Å²) in [6, 6.07) is 12.3. The lowest BCUT2D eigenvalue weighted by Gasteiger charge is -2.10. The maximum atomic E-state index is 5.80. The molecular weight excluding hydrogens is 248 g/mol. The molecule has 20 heavy (non-hydrogen) atoms. The second kappa shape index (κ2) is 6.89. The fourth-order valence-electron chi connectivity index (χ4n) is 1.99. The molecule has 0 saturated carbocycles. The van der Waals surface area contributed by atoms with Crippen LogP contribution in [0.2, 0.25) is 0 Å². The summed E-state index contributed by atoms with van der Waals surface area (Å²) in [6.07, 6.45) is 2.12. The Kier molecular flexibility index (Phi) is 4.93. The predicted octanol–water partition coefficient (Wildman–Crippen LogP) is 3.23. The van der Waals surface area contributed by atoms with E-state index in [9.17, 15) is 0 Å². The number of anilines is 2. The molecule has 4 nitrogen and oxygen atoms in total. The van der Waals surface area contributed by atoms with Crippen LogP contribution in [0.3, 0.4) is 0 Å². The minimum Gasteiger partial charge on any atom is -0.384 e. The van der Waals surface area contributed by atoms with Crippen LogP contribution in [0.4, 0.5) is 11.6 Å². The van der Waals surface area contributed by atoms with Crippen molar-refractivity contribution in [2.24, 2.45) is 0 Å². The van der Waals surface area contributed by atoms with Crippen molar-refractivity contribution in [2.45, 2.75) is 32.6 Å². The molecule has 4 heteroatoms. The van der Waals surface area contributed by atoms with Gasteiger partial charge in [0, 0.05) is 18.5 Å². The second-order valence-corrected chi connectivity index (χ2v) is 5.21. The fraction of sp³-hybridized carbons (Fsp3) is 0.375. The molecule has 2 rings (SSSR count). The molecule has 0 bridgehead atoms. The summed E-state index contributed by atoms with van der Waals surface area (Å²) in [7, 11) is 0. The van der Waals surface area contributed by atoms with Crippen LogP contribution < -0.4 is 11.1 Å². The average molecular weight is 270 g/mol. The first-order valence-corrected chi connectivity index (χ1v) is 7.07. The van der Waals surface area contributed by atoms with Crippen LogP contribution in [-0.2, 0) is 6.42 Å². The minimum absolute atomic E-state index is 0.281. The Balaban J connectivity index is 1.85. The normalized spacial score (nSPS) is 10.8. The molecule has 1 heterocycles.